The van der Waals surface area contributed by atoms with Gasteiger partial charge < -0.3 is 0 Å². The first-order chi connectivity index (χ1) is 22.2. The lowest BCUT2D eigenvalue weighted by Crippen LogP contribution is -2.18. The van der Waals surface area contributed by atoms with Crippen LogP contribution in [-0.4, -0.2) is 62.2 Å². The number of anilines is 1. The molecule has 0 radical (unpaired) electrons. The highest BCUT2D eigenvalue weighted by Gasteiger charge is 2.42. The lowest BCUT2D eigenvalue weighted by Gasteiger charge is -2.18. The standard InChI is InChI=1S/C31H27F2N3O8S4/c1-45(37,38)24-15-9-21(10-16-24)28-29(31(32,33)22-11-17-25(18-12-22)46(2,39)40)34-36(23-13-19-26(20-14-23)47(3,41)42)30(28)35-48(43,44)27-7-5-4-6-8-27/h4-20,35H,1-3H3. The van der Waals surface area contributed by atoms with Crippen LogP contribution in [0.15, 0.2) is 123 Å². The molecule has 11 nitrogen and oxygen atoms in total. The maximum Gasteiger partial charge on any atom is 0.317 e. The van der Waals surface area contributed by atoms with Crippen molar-refractivity contribution >= 4 is 45.4 Å². The Bertz CT molecular complexity index is 2450. The van der Waals surface area contributed by atoms with Gasteiger partial charge in [0.05, 0.1) is 30.8 Å². The molecule has 0 fully saturated rings. The molecule has 1 aromatic heterocycles. The quantitative estimate of drug-likeness (QED) is 0.214. The first-order valence-corrected chi connectivity index (χ1v) is 20.9. The SMILES string of the molecule is CS(=O)(=O)c1ccc(-c2c(C(F)(F)c3ccc(S(C)(=O)=O)cc3)nn(-c3ccc(S(C)(=O)=O)cc3)c2NS(=O)(=O)c2ccccc2)cc1. The minimum Gasteiger partial charge on any atom is -0.263 e. The number of nitrogens with one attached hydrogen (secondary N) is 1. The zero-order valence-corrected chi connectivity index (χ0v) is 28.6. The van der Waals surface area contributed by atoms with Gasteiger partial charge >= 0.3 is 5.92 Å². The number of aromatic nitrogens is 2. The molecular formula is C31H27F2N3O8S4. The number of alkyl halides is 2. The van der Waals surface area contributed by atoms with Crippen LogP contribution in [0, 0.1) is 0 Å². The summed E-state index contributed by atoms with van der Waals surface area (Å²) in [7, 11) is -15.6. The largest absolute Gasteiger partial charge is 0.317 e. The third-order valence-electron chi connectivity index (χ3n) is 7.19. The van der Waals surface area contributed by atoms with E-state index >= 15 is 8.78 Å². The van der Waals surface area contributed by atoms with Crippen LogP contribution in [0.25, 0.3) is 16.8 Å². The van der Waals surface area contributed by atoms with Crippen LogP contribution in [0.1, 0.15) is 11.3 Å². The number of sulfone groups is 3. The summed E-state index contributed by atoms with van der Waals surface area (Å²) in [6.45, 7) is 0. The van der Waals surface area contributed by atoms with Crippen LogP contribution in [0.3, 0.4) is 0 Å². The van der Waals surface area contributed by atoms with E-state index in [-0.39, 0.29) is 30.8 Å². The van der Waals surface area contributed by atoms with Crippen LogP contribution in [0.5, 0.6) is 0 Å². The molecule has 0 saturated carbocycles. The van der Waals surface area contributed by atoms with Gasteiger partial charge in [0.2, 0.25) is 0 Å². The summed E-state index contributed by atoms with van der Waals surface area (Å²) in [5.41, 5.74) is -2.14. The summed E-state index contributed by atoms with van der Waals surface area (Å²) < 4.78 is 136. The van der Waals surface area contributed by atoms with Gasteiger partial charge in [-0.15, -0.1) is 0 Å². The molecule has 5 rings (SSSR count). The van der Waals surface area contributed by atoms with Gasteiger partial charge in [-0.25, -0.2) is 38.4 Å². The van der Waals surface area contributed by atoms with Crippen molar-refractivity contribution in [2.24, 2.45) is 0 Å². The van der Waals surface area contributed by atoms with Gasteiger partial charge in [-0.3, -0.25) is 4.72 Å². The van der Waals surface area contributed by atoms with Gasteiger partial charge in [0.25, 0.3) is 10.0 Å². The fourth-order valence-corrected chi connectivity index (χ4v) is 7.70. The van der Waals surface area contributed by atoms with Gasteiger partial charge in [0.1, 0.15) is 5.69 Å². The zero-order valence-electron chi connectivity index (χ0n) is 25.4. The summed E-state index contributed by atoms with van der Waals surface area (Å²) in [5, 5.41) is 4.17. The number of sulfonamides is 1. The second kappa shape index (κ2) is 12.2. The molecule has 0 aliphatic rings. The Morgan fingerprint density at radius 2 is 1.02 bits per heavy atom. The smallest absolute Gasteiger partial charge is 0.263 e. The van der Waals surface area contributed by atoms with Crippen molar-refractivity contribution in [1.29, 1.82) is 0 Å². The van der Waals surface area contributed by atoms with E-state index in [0.29, 0.717) is 0 Å². The Kier molecular flexibility index (Phi) is 8.87. The van der Waals surface area contributed by atoms with Crippen LogP contribution < -0.4 is 4.72 Å². The Hall–Kier alpha value is -4.45. The molecule has 0 atom stereocenters. The van der Waals surface area contributed by atoms with E-state index in [1.54, 1.807) is 6.07 Å². The second-order valence-electron chi connectivity index (χ2n) is 10.8. The molecule has 0 spiro atoms. The van der Waals surface area contributed by atoms with E-state index in [1.807, 2.05) is 0 Å². The minimum absolute atomic E-state index is 0.00311. The number of hydrogen-bond donors (Lipinski definition) is 1. The summed E-state index contributed by atoms with van der Waals surface area (Å²) in [6.07, 6.45) is 2.85. The molecule has 0 bridgehead atoms. The lowest BCUT2D eigenvalue weighted by molar-refractivity contribution is 0.0381. The van der Waals surface area contributed by atoms with Crippen LogP contribution in [0.4, 0.5) is 14.6 Å². The fourth-order valence-electron chi connectivity index (χ4n) is 4.73. The van der Waals surface area contributed by atoms with E-state index in [0.717, 1.165) is 47.7 Å². The number of benzene rings is 4. The van der Waals surface area contributed by atoms with Gasteiger partial charge in [-0.1, -0.05) is 42.5 Å². The molecule has 4 aromatic carbocycles. The average Bonchev–Trinajstić information content (AvgIpc) is 3.39. The Morgan fingerprint density at radius 1 is 0.583 bits per heavy atom. The molecule has 17 heteroatoms. The summed E-state index contributed by atoms with van der Waals surface area (Å²) in [4.78, 5) is -0.663. The van der Waals surface area contributed by atoms with Gasteiger partial charge in [0, 0.05) is 24.3 Å². The van der Waals surface area contributed by atoms with Crippen molar-refractivity contribution in [1.82, 2.24) is 9.78 Å². The number of halogens is 2. The molecular weight excluding hydrogens is 709 g/mol. The van der Waals surface area contributed by atoms with Crippen LogP contribution in [-0.2, 0) is 45.5 Å². The maximum atomic E-state index is 16.6. The Labute approximate surface area is 276 Å². The van der Waals surface area contributed by atoms with E-state index in [2.05, 4.69) is 9.82 Å². The van der Waals surface area contributed by atoms with Gasteiger partial charge in [-0.05, 0) is 66.2 Å². The molecule has 0 unspecified atom stereocenters. The molecule has 48 heavy (non-hydrogen) atoms. The highest BCUT2D eigenvalue weighted by atomic mass is 32.2. The molecule has 5 aromatic rings. The third kappa shape index (κ3) is 7.03. The fraction of sp³-hybridized carbons (Fsp3) is 0.129. The average molecular weight is 736 g/mol. The van der Waals surface area contributed by atoms with Crippen molar-refractivity contribution in [3.63, 3.8) is 0 Å². The number of rotatable bonds is 10. The number of hydrogen-bond acceptors (Lipinski definition) is 9. The predicted molar refractivity (Wildman–Crippen MR) is 175 cm³/mol. The monoisotopic (exact) mass is 735 g/mol. The lowest BCUT2D eigenvalue weighted by atomic mass is 9.98. The molecule has 252 valence electrons. The van der Waals surface area contributed by atoms with E-state index < -0.39 is 68.1 Å². The third-order valence-corrected chi connectivity index (χ3v) is 11.9. The summed E-state index contributed by atoms with van der Waals surface area (Å²) >= 11 is 0. The molecule has 1 N–H and O–H groups in total. The molecule has 0 aliphatic heterocycles. The Morgan fingerprint density at radius 3 is 1.48 bits per heavy atom. The highest BCUT2D eigenvalue weighted by molar-refractivity contribution is 7.92. The van der Waals surface area contributed by atoms with E-state index in [9.17, 15) is 33.7 Å². The molecule has 0 saturated heterocycles. The Balaban J connectivity index is 1.84. The zero-order chi connectivity index (χ0) is 35.3. The first kappa shape index (κ1) is 34.9. The van der Waals surface area contributed by atoms with E-state index in [4.69, 9.17) is 0 Å². The minimum atomic E-state index is -4.47. The number of nitrogens with zero attached hydrogens (tertiary/aromatic N) is 2. The predicted octanol–water partition coefficient (Wildman–Crippen LogP) is 4.69. The second-order valence-corrected chi connectivity index (χ2v) is 18.6. The van der Waals surface area contributed by atoms with Crippen molar-refractivity contribution in [3.05, 3.63) is 114 Å². The first-order valence-electron chi connectivity index (χ1n) is 13.7. The van der Waals surface area contributed by atoms with E-state index in [1.165, 1.54) is 72.8 Å². The molecule has 0 aliphatic carbocycles. The van der Waals surface area contributed by atoms with Crippen molar-refractivity contribution < 1.29 is 42.5 Å². The topological polar surface area (TPSA) is 166 Å². The summed E-state index contributed by atoms with van der Waals surface area (Å²) in [6, 6.07) is 20.5. The molecule has 0 amide bonds. The van der Waals surface area contributed by atoms with Gasteiger partial charge in [0.15, 0.2) is 35.3 Å². The van der Waals surface area contributed by atoms with Crippen molar-refractivity contribution in [2.75, 3.05) is 23.5 Å². The van der Waals surface area contributed by atoms with Crippen LogP contribution in [0.2, 0.25) is 0 Å². The van der Waals surface area contributed by atoms with Crippen LogP contribution >= 0.6 is 0 Å². The van der Waals surface area contributed by atoms with Crippen molar-refractivity contribution in [2.45, 2.75) is 25.5 Å². The normalized spacial score (nSPS) is 12.9. The van der Waals surface area contributed by atoms with Crippen molar-refractivity contribution in [3.8, 4) is 16.8 Å². The highest BCUT2D eigenvalue weighted by Crippen LogP contribution is 2.45. The van der Waals surface area contributed by atoms with Gasteiger partial charge in [-0.2, -0.15) is 13.9 Å². The molecule has 1 heterocycles. The maximum absolute atomic E-state index is 16.6. The summed E-state index contributed by atoms with van der Waals surface area (Å²) in [5.74, 6) is -4.47.